The molecule has 0 saturated heterocycles. The summed E-state index contributed by atoms with van der Waals surface area (Å²) in [7, 11) is 0. The van der Waals surface area contributed by atoms with E-state index >= 15 is 0 Å². The Bertz CT molecular complexity index is 249. The van der Waals surface area contributed by atoms with Crippen LogP contribution in [0.25, 0.3) is 0 Å². The van der Waals surface area contributed by atoms with Crippen molar-refractivity contribution in [3.8, 4) is 0 Å². The summed E-state index contributed by atoms with van der Waals surface area (Å²) in [6.07, 6.45) is 2.65. The maximum Gasteiger partial charge on any atom is 0.356 e. The molecule has 1 aromatic rings. The van der Waals surface area contributed by atoms with Crippen LogP contribution in [-0.4, -0.2) is 21.0 Å². The molecule has 5 heteroatoms. The molecule has 0 saturated carbocycles. The minimum Gasteiger partial charge on any atom is -0.476 e. The Hall–Kier alpha value is -0.788. The molecule has 0 spiro atoms. The van der Waals surface area contributed by atoms with Crippen LogP contribution in [0, 0.1) is 6.92 Å². The molecular formula is C8H12N2O2Re. The van der Waals surface area contributed by atoms with Gasteiger partial charge in [-0.3, -0.25) is 4.98 Å². The summed E-state index contributed by atoms with van der Waals surface area (Å²) in [5.74, 6) is -1.05. The van der Waals surface area contributed by atoms with Crippen molar-refractivity contribution in [2.24, 2.45) is 0 Å². The quantitative estimate of drug-likeness (QED) is 0.830. The van der Waals surface area contributed by atoms with Crippen LogP contribution in [-0.2, 0) is 20.4 Å². The molecule has 0 unspecified atom stereocenters. The molecule has 0 aliphatic carbocycles. The fraction of sp³-hybridized carbons (Fsp3) is 0.375. The van der Waals surface area contributed by atoms with Gasteiger partial charge >= 0.3 is 5.97 Å². The third kappa shape index (κ3) is 5.45. The van der Waals surface area contributed by atoms with Gasteiger partial charge in [-0.2, -0.15) is 0 Å². The average Bonchev–Trinajstić information content (AvgIpc) is 2.09. The smallest absolute Gasteiger partial charge is 0.356 e. The first-order valence-corrected chi connectivity index (χ1v) is 3.72. The van der Waals surface area contributed by atoms with Gasteiger partial charge in [-0.1, -0.05) is 13.8 Å². The number of carbonyl (C=O) groups is 1. The Labute approximate surface area is 91.1 Å². The van der Waals surface area contributed by atoms with Gasteiger partial charge < -0.3 is 5.11 Å². The second-order valence-electron chi connectivity index (χ2n) is 1.85. The molecule has 1 heterocycles. The Morgan fingerprint density at radius 1 is 1.31 bits per heavy atom. The Kier molecular flexibility index (Phi) is 8.88. The summed E-state index contributed by atoms with van der Waals surface area (Å²) in [4.78, 5) is 17.6. The van der Waals surface area contributed by atoms with Gasteiger partial charge in [0.1, 0.15) is 0 Å². The van der Waals surface area contributed by atoms with Gasteiger partial charge in [-0.15, -0.1) is 0 Å². The van der Waals surface area contributed by atoms with Crippen LogP contribution in [0.15, 0.2) is 12.4 Å². The molecule has 0 atom stereocenters. The fourth-order valence-electron chi connectivity index (χ4n) is 0.503. The zero-order valence-corrected chi connectivity index (χ0v) is 10.5. The molecule has 0 aromatic carbocycles. The fourth-order valence-corrected chi connectivity index (χ4v) is 0.503. The second kappa shape index (κ2) is 7.84. The van der Waals surface area contributed by atoms with E-state index in [1.807, 2.05) is 13.8 Å². The third-order valence-electron chi connectivity index (χ3n) is 1.00. The van der Waals surface area contributed by atoms with Gasteiger partial charge in [0.15, 0.2) is 5.69 Å². The topological polar surface area (TPSA) is 63.1 Å². The summed E-state index contributed by atoms with van der Waals surface area (Å²) in [5.41, 5.74) is 0.690. The average molecular weight is 354 g/mol. The number of rotatable bonds is 1. The molecule has 13 heavy (non-hydrogen) atoms. The monoisotopic (exact) mass is 355 g/mol. The largest absolute Gasteiger partial charge is 0.476 e. The summed E-state index contributed by atoms with van der Waals surface area (Å²) >= 11 is 0. The summed E-state index contributed by atoms with van der Waals surface area (Å²) in [6, 6.07) is 0. The van der Waals surface area contributed by atoms with Crippen molar-refractivity contribution in [1.82, 2.24) is 9.97 Å². The number of nitrogens with zero attached hydrogens (tertiary/aromatic N) is 2. The third-order valence-corrected chi connectivity index (χ3v) is 1.00. The molecule has 0 fully saturated rings. The summed E-state index contributed by atoms with van der Waals surface area (Å²) in [5, 5.41) is 8.37. The van der Waals surface area contributed by atoms with Gasteiger partial charge in [0.05, 0.1) is 11.9 Å². The van der Waals surface area contributed by atoms with Crippen LogP contribution < -0.4 is 0 Å². The van der Waals surface area contributed by atoms with Crippen LogP contribution in [0.3, 0.4) is 0 Å². The van der Waals surface area contributed by atoms with Crippen LogP contribution in [0.5, 0.6) is 0 Å². The standard InChI is InChI=1S/C6H6N2O2.C2H6.Re/c1-4-2-8-5(3-7-4)6(9)10;1-2;/h2-3H,1H3,(H,9,10);1-2H3;. The maximum absolute atomic E-state index is 10.2. The van der Waals surface area contributed by atoms with E-state index in [9.17, 15) is 4.79 Å². The molecule has 4 nitrogen and oxygen atoms in total. The molecule has 0 aliphatic heterocycles. The molecule has 1 rings (SSSR count). The number of carboxylic acids is 1. The number of aryl methyl sites for hydroxylation is 1. The first-order chi connectivity index (χ1) is 5.70. The van der Waals surface area contributed by atoms with E-state index in [0.29, 0.717) is 5.69 Å². The predicted octanol–water partition coefficient (Wildman–Crippen LogP) is 1.51. The van der Waals surface area contributed by atoms with E-state index in [0.717, 1.165) is 0 Å². The molecular weight excluding hydrogens is 342 g/mol. The van der Waals surface area contributed by atoms with Crippen LogP contribution in [0.4, 0.5) is 0 Å². The zero-order chi connectivity index (χ0) is 9.56. The Morgan fingerprint density at radius 3 is 2.15 bits per heavy atom. The maximum atomic E-state index is 10.2. The Balaban J connectivity index is 0. The SMILES string of the molecule is CC.Cc1cnc(C(=O)O)cn1.[Re]. The van der Waals surface area contributed by atoms with Crippen molar-refractivity contribution >= 4 is 5.97 Å². The molecule has 0 aliphatic rings. The number of carboxylic acid groups (broad SMARTS) is 1. The first kappa shape index (κ1) is 14.7. The van der Waals surface area contributed by atoms with E-state index < -0.39 is 5.97 Å². The summed E-state index contributed by atoms with van der Waals surface area (Å²) in [6.45, 7) is 5.75. The van der Waals surface area contributed by atoms with Crippen molar-refractivity contribution in [2.75, 3.05) is 0 Å². The molecule has 0 amide bonds. The van der Waals surface area contributed by atoms with Crippen LogP contribution in [0.1, 0.15) is 30.0 Å². The van der Waals surface area contributed by atoms with E-state index in [4.69, 9.17) is 5.11 Å². The summed E-state index contributed by atoms with van der Waals surface area (Å²) < 4.78 is 0. The molecule has 73 valence electrons. The molecule has 1 aromatic heterocycles. The van der Waals surface area contributed by atoms with E-state index in [2.05, 4.69) is 9.97 Å². The Morgan fingerprint density at radius 2 is 1.85 bits per heavy atom. The van der Waals surface area contributed by atoms with Gasteiger partial charge in [-0.25, -0.2) is 9.78 Å². The number of aromatic nitrogens is 2. The van der Waals surface area contributed by atoms with Crippen molar-refractivity contribution in [3.05, 3.63) is 23.8 Å². The van der Waals surface area contributed by atoms with Gasteiger partial charge in [0.2, 0.25) is 0 Å². The first-order valence-electron chi connectivity index (χ1n) is 3.72. The number of hydrogen-bond acceptors (Lipinski definition) is 3. The second-order valence-corrected chi connectivity index (χ2v) is 1.85. The molecule has 1 N–H and O–H groups in total. The number of hydrogen-bond donors (Lipinski definition) is 1. The van der Waals surface area contributed by atoms with Crippen molar-refractivity contribution in [2.45, 2.75) is 20.8 Å². The van der Waals surface area contributed by atoms with Crippen molar-refractivity contribution in [1.29, 1.82) is 0 Å². The molecule has 0 bridgehead atoms. The minimum atomic E-state index is -1.05. The van der Waals surface area contributed by atoms with Gasteiger partial charge in [0, 0.05) is 26.6 Å². The normalized spacial score (nSPS) is 7.62. The number of aromatic carboxylic acids is 1. The van der Waals surface area contributed by atoms with E-state index in [1.54, 1.807) is 6.92 Å². The molecule has 1 radical (unpaired) electrons. The van der Waals surface area contributed by atoms with Gasteiger partial charge in [0.25, 0.3) is 0 Å². The van der Waals surface area contributed by atoms with Crippen molar-refractivity contribution in [3.63, 3.8) is 0 Å². The van der Waals surface area contributed by atoms with Crippen LogP contribution in [0.2, 0.25) is 0 Å². The minimum absolute atomic E-state index is 0. The van der Waals surface area contributed by atoms with Gasteiger partial charge in [-0.05, 0) is 6.92 Å². The van der Waals surface area contributed by atoms with Crippen LogP contribution >= 0.6 is 0 Å². The van der Waals surface area contributed by atoms with E-state index in [1.165, 1.54) is 12.4 Å². The van der Waals surface area contributed by atoms with E-state index in [-0.39, 0.29) is 26.1 Å². The predicted molar refractivity (Wildman–Crippen MR) is 45.1 cm³/mol. The zero-order valence-electron chi connectivity index (χ0n) is 7.78. The van der Waals surface area contributed by atoms with Crippen molar-refractivity contribution < 1.29 is 30.3 Å².